The summed E-state index contributed by atoms with van der Waals surface area (Å²) < 4.78 is 26.9. The Labute approximate surface area is 128 Å². The van der Waals surface area contributed by atoms with Crippen molar-refractivity contribution in [3.63, 3.8) is 0 Å². The number of hydrogen-bond donors (Lipinski definition) is 5. The Kier molecular flexibility index (Phi) is 33.0. The van der Waals surface area contributed by atoms with Gasteiger partial charge in [-0.15, -0.1) is 0 Å². The minimum atomic E-state index is -3.66. The van der Waals surface area contributed by atoms with Gasteiger partial charge in [-0.25, -0.2) is 0 Å². The van der Waals surface area contributed by atoms with E-state index < -0.39 is 20.5 Å². The Morgan fingerprint density at radius 3 is 1.25 bits per heavy atom. The fourth-order valence-electron chi connectivity index (χ4n) is 0. The number of aliphatic hydroxyl groups excluding tert-OH is 2. The van der Waals surface area contributed by atoms with Crippen molar-refractivity contribution in [3.05, 3.63) is 0 Å². The summed E-state index contributed by atoms with van der Waals surface area (Å²) >= 11 is 7.74. The maximum absolute atomic E-state index is 9.56. The van der Waals surface area contributed by atoms with E-state index >= 15 is 0 Å². The molecule has 11 heteroatoms. The molecule has 0 aliphatic heterocycles. The first kappa shape index (κ1) is 29.9. The molecule has 0 aliphatic rings. The molecule has 7 N–H and O–H groups in total. The number of hydrogen-bond acceptors (Lipinski definition) is 4. The molecule has 0 fully saturated rings. The van der Waals surface area contributed by atoms with Gasteiger partial charge in [-0.1, -0.05) is 7.43 Å². The van der Waals surface area contributed by atoms with E-state index in [2.05, 4.69) is 35.9 Å². The van der Waals surface area contributed by atoms with Gasteiger partial charge in [-0.2, -0.15) is 8.42 Å². The third kappa shape index (κ3) is 233. The van der Waals surface area contributed by atoms with E-state index in [1.54, 1.807) is 0 Å². The van der Waals surface area contributed by atoms with Crippen molar-refractivity contribution in [2.45, 2.75) is 14.4 Å². The fraction of sp³-hybridized carbons (Fsp3) is 0.600. The van der Waals surface area contributed by atoms with Crippen molar-refractivity contribution in [1.82, 2.24) is 0 Å². The third-order valence-electron chi connectivity index (χ3n) is 0.365. The standard InChI is InChI=1S/C2H6O3S.2CH3NOS.CH4.Na.H/c1-2-6(3,4)5;2*2-1(3)4;;;/h2H2,1H3,(H,3,4,5);2*(H3,2,3,4);1H4;;. The molecule has 0 bridgehead atoms. The molecule has 0 saturated heterocycles. The van der Waals surface area contributed by atoms with Gasteiger partial charge in [0.2, 0.25) is 0 Å². The van der Waals surface area contributed by atoms with Crippen molar-refractivity contribution >= 4 is 74.5 Å². The SMILES string of the molecule is C.CCS(=O)(=O)O.NC(O)=S.NC(O)=S.[NaH]. The van der Waals surface area contributed by atoms with E-state index in [0.717, 1.165) is 0 Å². The summed E-state index contributed by atoms with van der Waals surface area (Å²) in [7, 11) is -3.66. The molecule has 7 nitrogen and oxygen atoms in total. The molecule has 0 aliphatic carbocycles. The summed E-state index contributed by atoms with van der Waals surface area (Å²) in [5, 5.41) is 14.1. The molecule has 0 aromatic rings. The van der Waals surface area contributed by atoms with Crippen LogP contribution in [0.25, 0.3) is 0 Å². The molecule has 16 heavy (non-hydrogen) atoms. The van der Waals surface area contributed by atoms with Gasteiger partial charge in [0.1, 0.15) is 0 Å². The molecule has 0 spiro atoms. The van der Waals surface area contributed by atoms with Gasteiger partial charge in [0.15, 0.2) is 0 Å². The average molecular weight is 304 g/mol. The molecule has 0 rings (SSSR count). The van der Waals surface area contributed by atoms with E-state index in [1.807, 2.05) is 0 Å². The molecular weight excluding hydrogens is 287 g/mol. The molecule has 0 saturated carbocycles. The van der Waals surface area contributed by atoms with Gasteiger partial charge in [0, 0.05) is 0 Å². The van der Waals surface area contributed by atoms with Gasteiger partial charge in [0.25, 0.3) is 20.5 Å². The van der Waals surface area contributed by atoms with Gasteiger partial charge in [0.05, 0.1) is 5.75 Å². The number of aliphatic hydroxyl groups is 2. The van der Waals surface area contributed by atoms with E-state index in [1.165, 1.54) is 6.92 Å². The summed E-state index contributed by atoms with van der Waals surface area (Å²) in [6, 6.07) is 0. The van der Waals surface area contributed by atoms with Gasteiger partial charge in [-0.05, 0) is 31.4 Å². The van der Waals surface area contributed by atoms with Crippen molar-refractivity contribution in [2.24, 2.45) is 11.5 Å². The summed E-state index contributed by atoms with van der Waals surface area (Å²) in [4.78, 5) is 0. The molecule has 0 unspecified atom stereocenters. The van der Waals surface area contributed by atoms with E-state index in [-0.39, 0.29) is 42.7 Å². The van der Waals surface area contributed by atoms with Crippen LogP contribution < -0.4 is 11.5 Å². The van der Waals surface area contributed by atoms with Gasteiger partial charge < -0.3 is 21.7 Å². The average Bonchev–Trinajstić information content (AvgIpc) is 1.83. The Bertz CT molecular complexity index is 249. The summed E-state index contributed by atoms with van der Waals surface area (Å²) in [5.41, 5.74) is 8.80. The normalized spacial score (nSPS) is 7.38. The van der Waals surface area contributed by atoms with Crippen LogP contribution in [-0.2, 0) is 10.1 Å². The van der Waals surface area contributed by atoms with Crippen molar-refractivity contribution < 1.29 is 23.2 Å². The number of thiocarbonyl (C=S) groups is 2. The molecule has 0 aromatic heterocycles. The Balaban J connectivity index is -0.0000000367. The zero-order valence-corrected chi connectivity index (χ0v) is 9.69. The maximum atomic E-state index is 9.56. The Morgan fingerprint density at radius 1 is 1.19 bits per heavy atom. The van der Waals surface area contributed by atoms with E-state index in [0.29, 0.717) is 0 Å². The first-order chi connectivity index (χ1) is 6.02. The first-order valence-electron chi connectivity index (χ1n) is 2.94. The minimum absolute atomic E-state index is 0. The summed E-state index contributed by atoms with van der Waals surface area (Å²) in [6.07, 6.45) is 0. The monoisotopic (exact) mass is 304 g/mol. The van der Waals surface area contributed by atoms with Crippen LogP contribution in [0.4, 0.5) is 0 Å². The fourth-order valence-corrected chi connectivity index (χ4v) is 0. The second-order valence-electron chi connectivity index (χ2n) is 1.55. The van der Waals surface area contributed by atoms with Crippen LogP contribution in [-0.4, -0.2) is 68.8 Å². The van der Waals surface area contributed by atoms with Crippen molar-refractivity contribution in [2.75, 3.05) is 5.75 Å². The van der Waals surface area contributed by atoms with Crippen LogP contribution in [0.5, 0.6) is 0 Å². The second-order valence-corrected chi connectivity index (χ2v) is 4.12. The third-order valence-corrected chi connectivity index (χ3v) is 1.09. The van der Waals surface area contributed by atoms with Crippen LogP contribution in [0, 0.1) is 0 Å². The molecule has 96 valence electrons. The zero-order chi connectivity index (χ0) is 12.4. The van der Waals surface area contributed by atoms with Gasteiger partial charge >= 0.3 is 29.6 Å². The zero-order valence-electron chi connectivity index (χ0n) is 7.24. The van der Waals surface area contributed by atoms with Crippen LogP contribution in [0.15, 0.2) is 0 Å². The molecule has 0 radical (unpaired) electrons. The van der Waals surface area contributed by atoms with E-state index in [4.69, 9.17) is 14.8 Å². The van der Waals surface area contributed by atoms with Crippen LogP contribution in [0.2, 0.25) is 0 Å². The Morgan fingerprint density at radius 2 is 1.25 bits per heavy atom. The second kappa shape index (κ2) is 17.7. The molecule has 0 amide bonds. The van der Waals surface area contributed by atoms with Crippen molar-refractivity contribution in [3.8, 4) is 0 Å². The predicted molar refractivity (Wildman–Crippen MR) is 74.8 cm³/mol. The topological polar surface area (TPSA) is 147 Å². The van der Waals surface area contributed by atoms with Crippen LogP contribution >= 0.6 is 24.4 Å². The van der Waals surface area contributed by atoms with E-state index in [9.17, 15) is 8.42 Å². The Hall–Kier alpha value is 0.290. The van der Waals surface area contributed by atoms with Gasteiger partial charge in [-0.3, -0.25) is 4.55 Å². The summed E-state index contributed by atoms with van der Waals surface area (Å²) in [6.45, 7) is 1.37. The molecular formula is C5H17N2NaO5S3. The molecule has 0 heterocycles. The van der Waals surface area contributed by atoms with Crippen molar-refractivity contribution in [1.29, 1.82) is 0 Å². The number of rotatable bonds is 1. The summed E-state index contributed by atoms with van der Waals surface area (Å²) in [5.74, 6) is -0.201. The first-order valence-corrected chi connectivity index (χ1v) is 5.37. The van der Waals surface area contributed by atoms with Crippen LogP contribution in [0.1, 0.15) is 14.4 Å². The molecule has 0 atom stereocenters. The number of nitrogens with two attached hydrogens (primary N) is 2. The van der Waals surface area contributed by atoms with Crippen LogP contribution in [0.3, 0.4) is 0 Å². The predicted octanol–water partition coefficient (Wildman–Crippen LogP) is -0.542. The molecule has 0 aromatic carbocycles. The quantitative estimate of drug-likeness (QED) is 0.245.